The highest BCUT2D eigenvalue weighted by molar-refractivity contribution is 6.06. The third-order valence-electron chi connectivity index (χ3n) is 7.07. The molecule has 11 heteroatoms. The molecule has 5 rings (SSSR count). The molecule has 3 aromatic rings. The van der Waals surface area contributed by atoms with E-state index in [1.807, 2.05) is 19.1 Å². The number of amidine groups is 1. The number of hydrogen-bond acceptors (Lipinski definition) is 8. The molecule has 0 atom stereocenters. The molecule has 40 heavy (non-hydrogen) atoms. The zero-order chi connectivity index (χ0) is 28.6. The molecule has 1 aromatic heterocycles. The van der Waals surface area contributed by atoms with E-state index in [1.165, 1.54) is 0 Å². The molecule has 2 aliphatic heterocycles. The van der Waals surface area contributed by atoms with Crippen molar-refractivity contribution in [3.8, 4) is 17.2 Å². The summed E-state index contributed by atoms with van der Waals surface area (Å²) in [6, 6.07) is 5.44. The monoisotopic (exact) mass is 550 g/mol. The molecule has 0 fully saturated rings. The third kappa shape index (κ3) is 5.07. The predicted octanol–water partition coefficient (Wildman–Crippen LogP) is 4.46. The number of benzene rings is 2. The minimum Gasteiger partial charge on any atom is -0.490 e. The van der Waals surface area contributed by atoms with Gasteiger partial charge in [0.2, 0.25) is 0 Å². The molecule has 212 valence electrons. The van der Waals surface area contributed by atoms with Gasteiger partial charge in [-0.3, -0.25) is 10.2 Å². The van der Waals surface area contributed by atoms with Gasteiger partial charge in [-0.25, -0.2) is 4.39 Å². The summed E-state index contributed by atoms with van der Waals surface area (Å²) in [7, 11) is 0. The zero-order valence-electron chi connectivity index (χ0n) is 23.6. The largest absolute Gasteiger partial charge is 0.490 e. The number of ketones is 1. The number of anilines is 1. The minimum absolute atomic E-state index is 0.00210. The third-order valence-corrected chi connectivity index (χ3v) is 7.07. The lowest BCUT2D eigenvalue weighted by atomic mass is 9.84. The number of carbonyl (C=O) groups is 1. The molecule has 0 unspecified atom stereocenters. The first-order valence-corrected chi connectivity index (χ1v) is 13.5. The van der Waals surface area contributed by atoms with Crippen molar-refractivity contribution in [1.29, 1.82) is 5.41 Å². The highest BCUT2D eigenvalue weighted by Crippen LogP contribution is 2.43. The van der Waals surface area contributed by atoms with E-state index in [-0.39, 0.29) is 48.0 Å². The van der Waals surface area contributed by atoms with Crippen molar-refractivity contribution in [2.75, 3.05) is 37.8 Å². The van der Waals surface area contributed by atoms with E-state index in [0.717, 1.165) is 22.7 Å². The Kier molecular flexibility index (Phi) is 7.39. The Morgan fingerprint density at radius 2 is 1.95 bits per heavy atom. The second-order valence-electron chi connectivity index (χ2n) is 10.9. The molecule has 2 aromatic carbocycles. The Morgan fingerprint density at radius 3 is 2.62 bits per heavy atom. The number of nitrogens with zero attached hydrogens (tertiary/aromatic N) is 4. The maximum absolute atomic E-state index is 15.5. The molecule has 0 bridgehead atoms. The van der Waals surface area contributed by atoms with Gasteiger partial charge in [0.1, 0.15) is 23.9 Å². The van der Waals surface area contributed by atoms with Crippen molar-refractivity contribution in [1.82, 2.24) is 20.3 Å². The van der Waals surface area contributed by atoms with Crippen LogP contribution in [-0.2, 0) is 18.5 Å². The maximum Gasteiger partial charge on any atom is 0.197 e. The molecular formula is C29H35FN6O4. The van der Waals surface area contributed by atoms with Crippen molar-refractivity contribution < 1.29 is 23.4 Å². The van der Waals surface area contributed by atoms with Crippen molar-refractivity contribution >= 4 is 17.3 Å². The first kappa shape index (κ1) is 27.4. The van der Waals surface area contributed by atoms with E-state index in [4.69, 9.17) is 19.6 Å². The van der Waals surface area contributed by atoms with Crippen LogP contribution in [0.5, 0.6) is 17.2 Å². The lowest BCUT2D eigenvalue weighted by molar-refractivity contribution is 0.0962. The molecule has 3 heterocycles. The maximum atomic E-state index is 15.5. The van der Waals surface area contributed by atoms with Gasteiger partial charge >= 0.3 is 0 Å². The van der Waals surface area contributed by atoms with E-state index in [9.17, 15) is 4.79 Å². The Balaban J connectivity index is 1.46. The number of aromatic nitrogens is 3. The van der Waals surface area contributed by atoms with Crippen molar-refractivity contribution in [3.63, 3.8) is 0 Å². The van der Waals surface area contributed by atoms with Crippen LogP contribution in [0, 0.1) is 11.2 Å². The number of hydrogen-bond donors (Lipinski definition) is 2. The van der Waals surface area contributed by atoms with Crippen LogP contribution in [0.25, 0.3) is 0 Å². The Labute approximate surface area is 232 Å². The van der Waals surface area contributed by atoms with E-state index < -0.39 is 5.82 Å². The van der Waals surface area contributed by atoms with E-state index >= 15 is 4.39 Å². The fourth-order valence-corrected chi connectivity index (χ4v) is 5.18. The number of rotatable bonds is 9. The first-order chi connectivity index (χ1) is 19.1. The molecule has 0 aliphatic carbocycles. The van der Waals surface area contributed by atoms with Gasteiger partial charge in [-0.1, -0.05) is 20.8 Å². The number of carbonyl (C=O) groups excluding carboxylic acids is 1. The molecule has 0 saturated carbocycles. The molecular weight excluding hydrogens is 515 g/mol. The van der Waals surface area contributed by atoms with Gasteiger partial charge in [0, 0.05) is 17.7 Å². The standard InChI is InChI=1S/C29H35FN6O4/c1-6-38-23-12-18-14-36(28(31)24(18)25(30)27(23)39-7-2)16-22(37)17-10-20(29(3,4)5)26-21(11-17)35(8-9-40-26)15-19-13-32-34-33-19/h10-13,31H,6-9,14-16H2,1-5H3,(H,32,33,34). The molecule has 2 aliphatic rings. The number of nitrogens with one attached hydrogen (secondary N) is 2. The van der Waals surface area contributed by atoms with Gasteiger partial charge in [-0.15, -0.1) is 0 Å². The quantitative estimate of drug-likeness (QED) is 0.375. The highest BCUT2D eigenvalue weighted by atomic mass is 19.1. The fraction of sp³-hybridized carbons (Fsp3) is 0.448. The number of aromatic amines is 1. The van der Waals surface area contributed by atoms with E-state index in [1.54, 1.807) is 24.1 Å². The second-order valence-corrected chi connectivity index (χ2v) is 10.9. The molecule has 2 N–H and O–H groups in total. The highest BCUT2D eigenvalue weighted by Gasteiger charge is 2.34. The van der Waals surface area contributed by atoms with Gasteiger partial charge in [-0.05, 0) is 43.0 Å². The van der Waals surface area contributed by atoms with Crippen LogP contribution < -0.4 is 19.1 Å². The Morgan fingerprint density at radius 1 is 1.18 bits per heavy atom. The SMILES string of the molecule is CCOc1cc2c(c(F)c1OCC)C(=N)N(CC(=O)c1cc3c(c(C(C)(C)C)c1)OCCN3Cc1cn[nH]n1)C2. The number of fused-ring (bicyclic) bond motifs is 2. The number of ether oxygens (including phenoxy) is 3. The second kappa shape index (κ2) is 10.8. The lowest BCUT2D eigenvalue weighted by Gasteiger charge is -2.35. The van der Waals surface area contributed by atoms with Gasteiger partial charge in [-0.2, -0.15) is 15.4 Å². The topological polar surface area (TPSA) is 117 Å². The summed E-state index contributed by atoms with van der Waals surface area (Å²) in [5.41, 5.74) is 3.48. The molecule has 0 saturated heterocycles. The van der Waals surface area contributed by atoms with Gasteiger partial charge in [0.05, 0.1) is 50.3 Å². The summed E-state index contributed by atoms with van der Waals surface area (Å²) in [6.07, 6.45) is 1.68. The minimum atomic E-state index is -0.632. The normalized spacial score (nSPS) is 14.6. The summed E-state index contributed by atoms with van der Waals surface area (Å²) in [6.45, 7) is 12.3. The Bertz CT molecular complexity index is 1430. The molecule has 10 nitrogen and oxygen atoms in total. The first-order valence-electron chi connectivity index (χ1n) is 13.5. The van der Waals surface area contributed by atoms with Crippen LogP contribution in [0.15, 0.2) is 24.4 Å². The van der Waals surface area contributed by atoms with Gasteiger partial charge in [0.25, 0.3) is 0 Å². The number of halogens is 1. The molecule has 0 spiro atoms. The Hall–Kier alpha value is -4.15. The van der Waals surface area contributed by atoms with Gasteiger partial charge < -0.3 is 24.0 Å². The predicted molar refractivity (Wildman–Crippen MR) is 148 cm³/mol. The molecule has 0 amide bonds. The average molecular weight is 551 g/mol. The number of Topliss-reactive ketones (excluding diaryl/α,β-unsaturated/α-hetero) is 1. The fourth-order valence-electron chi connectivity index (χ4n) is 5.18. The van der Waals surface area contributed by atoms with Crippen LogP contribution in [0.3, 0.4) is 0 Å². The molecule has 0 radical (unpaired) electrons. The van der Waals surface area contributed by atoms with Crippen molar-refractivity contribution in [2.45, 2.75) is 53.1 Å². The van der Waals surface area contributed by atoms with Crippen molar-refractivity contribution in [3.05, 3.63) is 58.2 Å². The van der Waals surface area contributed by atoms with Gasteiger partial charge in [0.15, 0.2) is 23.1 Å². The lowest BCUT2D eigenvalue weighted by Crippen LogP contribution is -2.34. The summed E-state index contributed by atoms with van der Waals surface area (Å²) in [5.74, 6) is 0.209. The van der Waals surface area contributed by atoms with Crippen LogP contribution >= 0.6 is 0 Å². The van der Waals surface area contributed by atoms with Crippen LogP contribution in [0.1, 0.15) is 67.4 Å². The summed E-state index contributed by atoms with van der Waals surface area (Å²) in [4.78, 5) is 17.5. The summed E-state index contributed by atoms with van der Waals surface area (Å²) < 4.78 is 32.8. The smallest absolute Gasteiger partial charge is 0.197 e. The average Bonchev–Trinajstić information content (AvgIpc) is 3.53. The van der Waals surface area contributed by atoms with Crippen LogP contribution in [0.2, 0.25) is 0 Å². The van der Waals surface area contributed by atoms with Crippen LogP contribution in [-0.4, -0.2) is 64.8 Å². The van der Waals surface area contributed by atoms with E-state index in [2.05, 4.69) is 41.1 Å². The zero-order valence-corrected chi connectivity index (χ0v) is 23.6. The summed E-state index contributed by atoms with van der Waals surface area (Å²) >= 11 is 0. The summed E-state index contributed by atoms with van der Waals surface area (Å²) in [5, 5.41) is 19.5. The van der Waals surface area contributed by atoms with E-state index in [0.29, 0.717) is 43.2 Å². The van der Waals surface area contributed by atoms with Crippen LogP contribution in [0.4, 0.5) is 10.1 Å². The number of H-pyrrole nitrogens is 1. The van der Waals surface area contributed by atoms with Crippen molar-refractivity contribution in [2.24, 2.45) is 0 Å².